The summed E-state index contributed by atoms with van der Waals surface area (Å²) in [6.07, 6.45) is 34.4. The van der Waals surface area contributed by atoms with Crippen LogP contribution in [0, 0.1) is 5.92 Å². The molecule has 0 aliphatic rings. The summed E-state index contributed by atoms with van der Waals surface area (Å²) in [5, 5.41) is 21.1. The molecule has 1 unspecified atom stereocenters. The minimum atomic E-state index is -0.515. The van der Waals surface area contributed by atoms with Crippen molar-refractivity contribution in [3.63, 3.8) is 0 Å². The molecule has 0 saturated heterocycles. The maximum atomic E-state index is 13.3. The molecule has 0 aromatic carbocycles. The molecule has 0 aromatic heterocycles. The number of aliphatic hydroxyl groups is 2. The number of allylic oxidation sites excluding steroid dienone is 2. The molecule has 0 heterocycles. The van der Waals surface area contributed by atoms with Crippen LogP contribution in [0.2, 0.25) is 0 Å². The van der Waals surface area contributed by atoms with Gasteiger partial charge in [-0.15, -0.1) is 0 Å². The van der Waals surface area contributed by atoms with E-state index in [1.165, 1.54) is 89.9 Å². The standard InChI is InChI=1S/C48H93N3O8/c1-4-7-10-13-15-16-17-18-19-20-21-22-23-25-28-32-46(54)57-42-37-51(39-44-59-48(56)49-33-29-34-50(35-40-52)36-41-53)38-43-58-47(55)45(30-26-12-9-6-3)31-27-24-14-11-8-5-2/h18-19,45,52-53H,4-17,20-44H2,1-3H3,(H,49,56)/b19-18+. The van der Waals surface area contributed by atoms with Gasteiger partial charge in [0.2, 0.25) is 0 Å². The normalized spacial score (nSPS) is 12.1. The molecule has 0 bridgehead atoms. The highest BCUT2D eigenvalue weighted by atomic mass is 16.6. The molecule has 0 saturated carbocycles. The first-order chi connectivity index (χ1) is 28.9. The Morgan fingerprint density at radius 2 is 0.949 bits per heavy atom. The monoisotopic (exact) mass is 840 g/mol. The molecule has 0 fully saturated rings. The van der Waals surface area contributed by atoms with E-state index >= 15 is 0 Å². The van der Waals surface area contributed by atoms with Crippen molar-refractivity contribution in [1.29, 1.82) is 0 Å². The van der Waals surface area contributed by atoms with E-state index in [0.717, 1.165) is 70.6 Å². The van der Waals surface area contributed by atoms with Crippen LogP contribution in [0.1, 0.15) is 194 Å². The van der Waals surface area contributed by atoms with Crippen molar-refractivity contribution >= 4 is 18.0 Å². The van der Waals surface area contributed by atoms with Gasteiger partial charge in [-0.25, -0.2) is 4.79 Å². The molecule has 0 radical (unpaired) electrons. The number of amides is 1. The Kier molecular flexibility index (Phi) is 43.6. The molecule has 3 N–H and O–H groups in total. The van der Waals surface area contributed by atoms with Crippen molar-refractivity contribution in [1.82, 2.24) is 15.1 Å². The quantitative estimate of drug-likeness (QED) is 0.0235. The van der Waals surface area contributed by atoms with Crippen molar-refractivity contribution in [3.8, 4) is 0 Å². The minimum Gasteiger partial charge on any atom is -0.464 e. The molecule has 348 valence electrons. The number of nitrogens with zero attached hydrogens (tertiary/aromatic N) is 2. The molecule has 1 atom stereocenters. The van der Waals surface area contributed by atoms with Crippen molar-refractivity contribution in [2.45, 2.75) is 194 Å². The van der Waals surface area contributed by atoms with Crippen LogP contribution in [0.5, 0.6) is 0 Å². The zero-order chi connectivity index (χ0) is 43.3. The third kappa shape index (κ3) is 39.7. The largest absolute Gasteiger partial charge is 0.464 e. The predicted molar refractivity (Wildman–Crippen MR) is 243 cm³/mol. The van der Waals surface area contributed by atoms with Crippen LogP contribution >= 0.6 is 0 Å². The predicted octanol–water partition coefficient (Wildman–Crippen LogP) is 10.2. The van der Waals surface area contributed by atoms with Gasteiger partial charge in [-0.1, -0.05) is 148 Å². The summed E-state index contributed by atoms with van der Waals surface area (Å²) in [6.45, 7) is 10.6. The Balaban J connectivity index is 4.76. The van der Waals surface area contributed by atoms with Crippen LogP contribution in [-0.2, 0) is 23.8 Å². The van der Waals surface area contributed by atoms with E-state index in [9.17, 15) is 24.6 Å². The highest BCUT2D eigenvalue weighted by molar-refractivity contribution is 5.72. The number of aliphatic hydroxyl groups excluding tert-OH is 2. The van der Waals surface area contributed by atoms with E-state index in [2.05, 4.69) is 38.2 Å². The molecule has 0 aromatic rings. The number of esters is 2. The summed E-state index contributed by atoms with van der Waals surface area (Å²) in [6, 6.07) is 0. The Bertz CT molecular complexity index is 963. The lowest BCUT2D eigenvalue weighted by Crippen LogP contribution is -2.37. The van der Waals surface area contributed by atoms with Crippen molar-refractivity contribution in [3.05, 3.63) is 12.2 Å². The van der Waals surface area contributed by atoms with Gasteiger partial charge in [0.15, 0.2) is 0 Å². The van der Waals surface area contributed by atoms with Crippen LogP contribution in [0.4, 0.5) is 4.79 Å². The highest BCUT2D eigenvalue weighted by Gasteiger charge is 2.20. The fraction of sp³-hybridized carbons (Fsp3) is 0.896. The van der Waals surface area contributed by atoms with Gasteiger partial charge in [-0.05, 0) is 57.9 Å². The van der Waals surface area contributed by atoms with E-state index in [-0.39, 0.29) is 50.9 Å². The Morgan fingerprint density at radius 1 is 0.508 bits per heavy atom. The van der Waals surface area contributed by atoms with E-state index in [1.54, 1.807) is 0 Å². The molecule has 0 aliphatic heterocycles. The third-order valence-electron chi connectivity index (χ3n) is 11.0. The molecule has 0 aliphatic carbocycles. The lowest BCUT2D eigenvalue weighted by atomic mass is 9.94. The number of alkyl carbamates (subject to hydrolysis) is 1. The van der Waals surface area contributed by atoms with Gasteiger partial charge < -0.3 is 29.7 Å². The maximum Gasteiger partial charge on any atom is 0.407 e. The van der Waals surface area contributed by atoms with Gasteiger partial charge in [-0.3, -0.25) is 19.4 Å². The third-order valence-corrected chi connectivity index (χ3v) is 11.0. The van der Waals surface area contributed by atoms with Crippen LogP contribution in [0.25, 0.3) is 0 Å². The van der Waals surface area contributed by atoms with E-state index in [0.29, 0.717) is 58.7 Å². The van der Waals surface area contributed by atoms with Crippen LogP contribution in [0.15, 0.2) is 12.2 Å². The Hall–Kier alpha value is -2.21. The van der Waals surface area contributed by atoms with Crippen LogP contribution in [-0.4, -0.2) is 117 Å². The lowest BCUT2D eigenvalue weighted by Gasteiger charge is -2.23. The minimum absolute atomic E-state index is 0.0149. The van der Waals surface area contributed by atoms with Gasteiger partial charge >= 0.3 is 18.0 Å². The smallest absolute Gasteiger partial charge is 0.407 e. The van der Waals surface area contributed by atoms with Crippen LogP contribution in [0.3, 0.4) is 0 Å². The summed E-state index contributed by atoms with van der Waals surface area (Å²) in [5.74, 6) is -0.384. The number of nitrogens with one attached hydrogen (secondary N) is 1. The second-order valence-electron chi connectivity index (χ2n) is 16.4. The van der Waals surface area contributed by atoms with Crippen molar-refractivity contribution in [2.24, 2.45) is 5.92 Å². The van der Waals surface area contributed by atoms with Gasteiger partial charge in [0.1, 0.15) is 19.8 Å². The van der Waals surface area contributed by atoms with E-state index in [4.69, 9.17) is 14.2 Å². The zero-order valence-electron chi connectivity index (χ0n) is 38.5. The summed E-state index contributed by atoms with van der Waals surface area (Å²) < 4.78 is 16.9. The molecular formula is C48H93N3O8. The summed E-state index contributed by atoms with van der Waals surface area (Å²) in [5.41, 5.74) is 0. The summed E-state index contributed by atoms with van der Waals surface area (Å²) in [7, 11) is 0. The van der Waals surface area contributed by atoms with E-state index in [1.807, 2.05) is 9.80 Å². The fourth-order valence-corrected chi connectivity index (χ4v) is 7.23. The molecular weight excluding hydrogens is 747 g/mol. The number of ether oxygens (including phenoxy) is 3. The number of carbonyl (C=O) groups excluding carboxylic acids is 3. The first kappa shape index (κ1) is 56.8. The molecule has 11 nitrogen and oxygen atoms in total. The number of rotatable bonds is 45. The topological polar surface area (TPSA) is 138 Å². The number of hydrogen-bond donors (Lipinski definition) is 3. The molecule has 0 spiro atoms. The average molecular weight is 840 g/mol. The van der Waals surface area contributed by atoms with Gasteiger partial charge in [0.25, 0.3) is 0 Å². The number of hydrogen-bond acceptors (Lipinski definition) is 10. The van der Waals surface area contributed by atoms with E-state index < -0.39 is 6.09 Å². The van der Waals surface area contributed by atoms with Crippen molar-refractivity contribution < 1.29 is 38.8 Å². The summed E-state index contributed by atoms with van der Waals surface area (Å²) in [4.78, 5) is 42.1. The second kappa shape index (κ2) is 45.3. The number of carbonyl (C=O) groups is 3. The van der Waals surface area contributed by atoms with Crippen LogP contribution < -0.4 is 5.32 Å². The zero-order valence-corrected chi connectivity index (χ0v) is 38.5. The molecule has 11 heteroatoms. The summed E-state index contributed by atoms with van der Waals surface area (Å²) >= 11 is 0. The first-order valence-corrected chi connectivity index (χ1v) is 24.5. The van der Waals surface area contributed by atoms with Gasteiger partial charge in [-0.2, -0.15) is 0 Å². The van der Waals surface area contributed by atoms with Crippen molar-refractivity contribution in [2.75, 3.05) is 78.8 Å². The SMILES string of the molecule is CCCCCCCC/C=C/CCCCCCCC(=O)OCCN(CCOC(=O)NCCCN(CCO)CCO)CCOC(=O)C(CCCCCC)CCCCCCCC. The molecule has 59 heavy (non-hydrogen) atoms. The number of unbranched alkanes of at least 4 members (excludes halogenated alkanes) is 19. The fourth-order valence-electron chi connectivity index (χ4n) is 7.23. The maximum absolute atomic E-state index is 13.3. The Morgan fingerprint density at radius 3 is 1.49 bits per heavy atom. The average Bonchev–Trinajstić information content (AvgIpc) is 3.22. The van der Waals surface area contributed by atoms with Gasteiger partial charge in [0.05, 0.1) is 19.1 Å². The second-order valence-corrected chi connectivity index (χ2v) is 16.4. The highest BCUT2D eigenvalue weighted by Crippen LogP contribution is 2.20. The lowest BCUT2D eigenvalue weighted by molar-refractivity contribution is -0.149. The molecule has 1 amide bonds. The van der Waals surface area contributed by atoms with Gasteiger partial charge in [0, 0.05) is 45.7 Å². The first-order valence-electron chi connectivity index (χ1n) is 24.5. The Labute approximate surface area is 362 Å². The molecule has 0 rings (SSSR count).